The molecule has 0 bridgehead atoms. The number of amides is 1. The van der Waals surface area contributed by atoms with E-state index in [4.69, 9.17) is 0 Å². The molecule has 1 amide bonds. The quantitative estimate of drug-likeness (QED) is 0.701. The summed E-state index contributed by atoms with van der Waals surface area (Å²) in [5.41, 5.74) is 1.10. The molecule has 1 aromatic heterocycles. The molecule has 0 radical (unpaired) electrons. The van der Waals surface area contributed by atoms with Crippen LogP contribution in [0, 0.1) is 0 Å². The third-order valence-electron chi connectivity index (χ3n) is 2.00. The molecule has 0 fully saturated rings. The number of hydrogen-bond acceptors (Lipinski definition) is 3. The molecule has 0 atom stereocenters. The zero-order valence-corrected chi connectivity index (χ0v) is 9.29. The molecule has 0 aromatic carbocycles. The van der Waals surface area contributed by atoms with Gasteiger partial charge >= 0.3 is 0 Å². The monoisotopic (exact) mass is 210 g/mol. The van der Waals surface area contributed by atoms with Crippen LogP contribution >= 0.6 is 0 Å². The molecule has 1 aromatic rings. The Morgan fingerprint density at radius 3 is 2.93 bits per heavy atom. The second kappa shape index (κ2) is 6.19. The van der Waals surface area contributed by atoms with E-state index in [-0.39, 0.29) is 5.91 Å². The molecule has 5 nitrogen and oxygen atoms in total. The number of rotatable bonds is 6. The van der Waals surface area contributed by atoms with E-state index in [0.717, 1.165) is 12.1 Å². The fourth-order valence-electron chi connectivity index (χ4n) is 1.25. The molecule has 5 heteroatoms. The van der Waals surface area contributed by atoms with E-state index in [1.807, 2.05) is 30.9 Å². The predicted octanol–water partition coefficient (Wildman–Crippen LogP) is 0.129. The third-order valence-corrected chi connectivity index (χ3v) is 2.00. The molecule has 2 N–H and O–H groups in total. The minimum Gasteiger partial charge on any atom is -0.355 e. The van der Waals surface area contributed by atoms with E-state index < -0.39 is 0 Å². The Morgan fingerprint density at radius 2 is 2.33 bits per heavy atom. The first-order valence-corrected chi connectivity index (χ1v) is 5.25. The number of carbonyl (C=O) groups is 1. The standard InChI is InChI=1S/C10H18N4O/c1-3-12-10(15)7-11-5-9-6-13-14(4-2)8-9/h6,8,11H,3-5,7H2,1-2H3,(H,12,15). The Labute approximate surface area is 89.9 Å². The lowest BCUT2D eigenvalue weighted by Gasteiger charge is -2.02. The summed E-state index contributed by atoms with van der Waals surface area (Å²) in [5.74, 6) is 0.0281. The van der Waals surface area contributed by atoms with Gasteiger partial charge in [0.2, 0.25) is 5.91 Å². The summed E-state index contributed by atoms with van der Waals surface area (Å²) in [6.07, 6.45) is 3.79. The number of likely N-dealkylation sites (N-methyl/N-ethyl adjacent to an activating group) is 1. The van der Waals surface area contributed by atoms with Crippen molar-refractivity contribution >= 4 is 5.91 Å². The summed E-state index contributed by atoms with van der Waals surface area (Å²) in [6, 6.07) is 0. The van der Waals surface area contributed by atoms with Gasteiger partial charge in [0.1, 0.15) is 0 Å². The molecular formula is C10H18N4O. The summed E-state index contributed by atoms with van der Waals surface area (Å²) < 4.78 is 1.86. The van der Waals surface area contributed by atoms with Crippen LogP contribution < -0.4 is 10.6 Å². The highest BCUT2D eigenvalue weighted by atomic mass is 16.1. The predicted molar refractivity (Wildman–Crippen MR) is 58.3 cm³/mol. The molecule has 0 aliphatic heterocycles. The van der Waals surface area contributed by atoms with Crippen LogP contribution in [-0.2, 0) is 17.9 Å². The Kier molecular flexibility index (Phi) is 4.83. The van der Waals surface area contributed by atoms with E-state index in [1.54, 1.807) is 0 Å². The van der Waals surface area contributed by atoms with E-state index in [9.17, 15) is 4.79 Å². The normalized spacial score (nSPS) is 10.3. The van der Waals surface area contributed by atoms with Crippen LogP contribution in [0.5, 0.6) is 0 Å². The van der Waals surface area contributed by atoms with Gasteiger partial charge in [-0.2, -0.15) is 5.10 Å². The molecule has 1 heterocycles. The lowest BCUT2D eigenvalue weighted by atomic mass is 10.3. The fourth-order valence-corrected chi connectivity index (χ4v) is 1.25. The highest BCUT2D eigenvalue weighted by Crippen LogP contribution is 1.96. The lowest BCUT2D eigenvalue weighted by molar-refractivity contribution is -0.120. The van der Waals surface area contributed by atoms with Gasteiger partial charge in [0, 0.05) is 31.4 Å². The van der Waals surface area contributed by atoms with Gasteiger partial charge in [-0.15, -0.1) is 0 Å². The maximum atomic E-state index is 11.1. The third kappa shape index (κ3) is 4.12. The molecule has 0 aliphatic rings. The SMILES string of the molecule is CCNC(=O)CNCc1cnn(CC)c1. The second-order valence-corrected chi connectivity index (χ2v) is 3.26. The number of carbonyl (C=O) groups excluding carboxylic acids is 1. The average Bonchev–Trinajstić information content (AvgIpc) is 2.66. The number of aromatic nitrogens is 2. The minimum absolute atomic E-state index is 0.0281. The van der Waals surface area contributed by atoms with Crippen LogP contribution in [0.3, 0.4) is 0 Å². The highest BCUT2D eigenvalue weighted by molar-refractivity contribution is 5.77. The average molecular weight is 210 g/mol. The molecule has 0 spiro atoms. The van der Waals surface area contributed by atoms with Crippen molar-refractivity contribution < 1.29 is 4.79 Å². The van der Waals surface area contributed by atoms with E-state index in [1.165, 1.54) is 0 Å². The van der Waals surface area contributed by atoms with Gasteiger partial charge in [-0.3, -0.25) is 9.48 Å². The van der Waals surface area contributed by atoms with Crippen molar-refractivity contribution in [2.24, 2.45) is 0 Å². The molecular weight excluding hydrogens is 192 g/mol. The van der Waals surface area contributed by atoms with Gasteiger partial charge in [0.15, 0.2) is 0 Å². The summed E-state index contributed by atoms with van der Waals surface area (Å²) in [5, 5.41) is 9.93. The van der Waals surface area contributed by atoms with Gasteiger partial charge in [0.25, 0.3) is 0 Å². The van der Waals surface area contributed by atoms with Crippen molar-refractivity contribution in [1.82, 2.24) is 20.4 Å². The highest BCUT2D eigenvalue weighted by Gasteiger charge is 2.00. The van der Waals surface area contributed by atoms with Gasteiger partial charge in [-0.25, -0.2) is 0 Å². The lowest BCUT2D eigenvalue weighted by Crippen LogP contribution is -2.33. The second-order valence-electron chi connectivity index (χ2n) is 3.26. The van der Waals surface area contributed by atoms with Crippen LogP contribution in [0.2, 0.25) is 0 Å². The fraction of sp³-hybridized carbons (Fsp3) is 0.600. The van der Waals surface area contributed by atoms with Crippen molar-refractivity contribution in [3.63, 3.8) is 0 Å². The number of nitrogens with one attached hydrogen (secondary N) is 2. The molecule has 0 unspecified atom stereocenters. The van der Waals surface area contributed by atoms with Crippen molar-refractivity contribution in [2.45, 2.75) is 26.9 Å². The van der Waals surface area contributed by atoms with Gasteiger partial charge < -0.3 is 10.6 Å². The Balaban J connectivity index is 2.22. The molecule has 0 aliphatic carbocycles. The van der Waals surface area contributed by atoms with Gasteiger partial charge in [0.05, 0.1) is 12.7 Å². The smallest absolute Gasteiger partial charge is 0.233 e. The molecule has 1 rings (SSSR count). The minimum atomic E-state index is 0.0281. The maximum absolute atomic E-state index is 11.1. The first kappa shape index (κ1) is 11.7. The Hall–Kier alpha value is -1.36. The van der Waals surface area contributed by atoms with Crippen molar-refractivity contribution in [3.05, 3.63) is 18.0 Å². The Morgan fingerprint density at radius 1 is 1.53 bits per heavy atom. The van der Waals surface area contributed by atoms with Crippen LogP contribution in [0.1, 0.15) is 19.4 Å². The molecule has 0 saturated heterocycles. The largest absolute Gasteiger partial charge is 0.355 e. The first-order valence-electron chi connectivity index (χ1n) is 5.25. The molecule has 84 valence electrons. The van der Waals surface area contributed by atoms with Crippen LogP contribution in [0.25, 0.3) is 0 Å². The van der Waals surface area contributed by atoms with E-state index >= 15 is 0 Å². The summed E-state index contributed by atoms with van der Waals surface area (Å²) in [6.45, 7) is 6.52. The topological polar surface area (TPSA) is 59.0 Å². The van der Waals surface area contributed by atoms with Crippen LogP contribution in [-0.4, -0.2) is 28.8 Å². The van der Waals surface area contributed by atoms with Crippen molar-refractivity contribution in [1.29, 1.82) is 0 Å². The van der Waals surface area contributed by atoms with E-state index in [0.29, 0.717) is 19.6 Å². The van der Waals surface area contributed by atoms with Gasteiger partial charge in [-0.05, 0) is 13.8 Å². The number of hydrogen-bond donors (Lipinski definition) is 2. The maximum Gasteiger partial charge on any atom is 0.233 e. The summed E-state index contributed by atoms with van der Waals surface area (Å²) >= 11 is 0. The van der Waals surface area contributed by atoms with Crippen molar-refractivity contribution in [3.8, 4) is 0 Å². The summed E-state index contributed by atoms with van der Waals surface area (Å²) in [4.78, 5) is 11.1. The number of nitrogens with zero attached hydrogens (tertiary/aromatic N) is 2. The van der Waals surface area contributed by atoms with Gasteiger partial charge in [-0.1, -0.05) is 0 Å². The zero-order valence-electron chi connectivity index (χ0n) is 9.29. The van der Waals surface area contributed by atoms with Crippen molar-refractivity contribution in [2.75, 3.05) is 13.1 Å². The molecule has 0 saturated carbocycles. The van der Waals surface area contributed by atoms with Crippen LogP contribution in [0.4, 0.5) is 0 Å². The summed E-state index contributed by atoms with van der Waals surface area (Å²) in [7, 11) is 0. The zero-order chi connectivity index (χ0) is 11.1. The molecule has 15 heavy (non-hydrogen) atoms. The van der Waals surface area contributed by atoms with Crippen LogP contribution in [0.15, 0.2) is 12.4 Å². The number of aryl methyl sites for hydroxylation is 1. The Bertz CT molecular complexity index is 308. The van der Waals surface area contributed by atoms with E-state index in [2.05, 4.69) is 15.7 Å². The first-order chi connectivity index (χ1) is 7.26.